The van der Waals surface area contributed by atoms with Crippen molar-refractivity contribution >= 4 is 19.8 Å². The fourth-order valence-electron chi connectivity index (χ4n) is 9.45. The van der Waals surface area contributed by atoms with E-state index in [2.05, 4.69) is 74.6 Å². The van der Waals surface area contributed by atoms with Gasteiger partial charge in [0.05, 0.1) is 27.7 Å². The highest BCUT2D eigenvalue weighted by Gasteiger charge is 2.21. The molecule has 10 heteroatoms. The standard InChI is InChI=1S/C69H126NO8P/c1-6-8-10-12-14-16-18-20-22-24-26-27-28-29-30-31-32-33-34-35-36-37-38-39-40-41-42-44-45-47-49-51-53-55-57-59-61-68(71)75-65-67(66-77-79(73,74)76-64-63-70(3,4)5)78-69(72)62-60-58-56-54-52-50-48-46-43-25-23-21-19-17-15-13-11-9-7-2/h9,11,15,17,21,23,43,46,50,52,56,58,67H,6-8,10,12-14,16,18-20,22,24-42,44-45,47-49,51,53-55,57,59-66H2,1-5H3/b11-9-,17-15-,23-21-,46-43-,52-50-,58-56-. The van der Waals surface area contributed by atoms with E-state index >= 15 is 0 Å². The number of hydrogen-bond donors (Lipinski definition) is 0. The van der Waals surface area contributed by atoms with Crippen LogP contribution >= 0.6 is 7.82 Å². The van der Waals surface area contributed by atoms with Crippen LogP contribution in [0, 0.1) is 0 Å². The Kier molecular flexibility index (Phi) is 58.1. The fraction of sp³-hybridized carbons (Fsp3) is 0.797. The number of nitrogens with zero attached hydrogens (tertiary/aromatic N) is 1. The molecule has 460 valence electrons. The maximum absolute atomic E-state index is 12.8. The molecule has 0 saturated carbocycles. The Morgan fingerprint density at radius 3 is 1.05 bits per heavy atom. The predicted octanol–water partition coefficient (Wildman–Crippen LogP) is 20.6. The van der Waals surface area contributed by atoms with Crippen LogP contribution in [0.1, 0.15) is 303 Å². The number of quaternary nitrogens is 1. The van der Waals surface area contributed by atoms with Gasteiger partial charge in [-0.25, -0.2) is 0 Å². The Bertz CT molecular complexity index is 1560. The molecular formula is C69H126NO8P. The van der Waals surface area contributed by atoms with E-state index < -0.39 is 32.5 Å². The van der Waals surface area contributed by atoms with Gasteiger partial charge in [-0.15, -0.1) is 0 Å². The third-order valence-corrected chi connectivity index (χ3v) is 15.5. The first-order chi connectivity index (χ1) is 38.5. The number of unbranched alkanes of at least 4 members (excludes halogenated alkanes) is 35. The molecule has 0 fully saturated rings. The molecule has 0 aromatic rings. The van der Waals surface area contributed by atoms with E-state index in [4.69, 9.17) is 18.5 Å². The van der Waals surface area contributed by atoms with Crippen molar-refractivity contribution in [1.29, 1.82) is 0 Å². The summed E-state index contributed by atoms with van der Waals surface area (Å²) in [5.74, 6) is -0.924. The second-order valence-corrected chi connectivity index (χ2v) is 24.9. The summed E-state index contributed by atoms with van der Waals surface area (Å²) in [6, 6.07) is 0. The minimum absolute atomic E-state index is 0.0462. The Balaban J connectivity index is 4.00. The van der Waals surface area contributed by atoms with E-state index in [9.17, 15) is 19.0 Å². The van der Waals surface area contributed by atoms with Crippen LogP contribution in [0.25, 0.3) is 0 Å². The van der Waals surface area contributed by atoms with Crippen LogP contribution in [-0.4, -0.2) is 70.0 Å². The minimum Gasteiger partial charge on any atom is -0.756 e. The van der Waals surface area contributed by atoms with E-state index in [1.165, 1.54) is 212 Å². The molecule has 2 atom stereocenters. The Hall–Kier alpha value is -2.55. The van der Waals surface area contributed by atoms with Crippen molar-refractivity contribution in [3.63, 3.8) is 0 Å². The second-order valence-electron chi connectivity index (χ2n) is 23.5. The van der Waals surface area contributed by atoms with Gasteiger partial charge in [-0.1, -0.05) is 311 Å². The van der Waals surface area contributed by atoms with E-state index in [0.717, 1.165) is 57.8 Å². The van der Waals surface area contributed by atoms with E-state index in [0.29, 0.717) is 17.4 Å². The minimum atomic E-state index is -4.66. The number of rotatable bonds is 61. The van der Waals surface area contributed by atoms with Crippen LogP contribution in [0.3, 0.4) is 0 Å². The topological polar surface area (TPSA) is 111 Å². The molecule has 0 saturated heterocycles. The number of likely N-dealkylation sites (N-methyl/N-ethyl adjacent to an activating group) is 1. The number of carbonyl (C=O) groups excluding carboxylic acids is 2. The summed E-state index contributed by atoms with van der Waals surface area (Å²) < 4.78 is 34.1. The lowest BCUT2D eigenvalue weighted by molar-refractivity contribution is -0.870. The van der Waals surface area contributed by atoms with Crippen molar-refractivity contribution in [2.24, 2.45) is 0 Å². The summed E-state index contributed by atoms with van der Waals surface area (Å²) in [5.41, 5.74) is 0. The van der Waals surface area contributed by atoms with Crippen LogP contribution in [0.2, 0.25) is 0 Å². The van der Waals surface area contributed by atoms with Crippen molar-refractivity contribution in [3.8, 4) is 0 Å². The number of hydrogen-bond acceptors (Lipinski definition) is 8. The van der Waals surface area contributed by atoms with Crippen molar-refractivity contribution in [2.75, 3.05) is 47.5 Å². The van der Waals surface area contributed by atoms with Gasteiger partial charge in [0.25, 0.3) is 7.82 Å². The largest absolute Gasteiger partial charge is 0.756 e. The lowest BCUT2D eigenvalue weighted by atomic mass is 10.0. The van der Waals surface area contributed by atoms with Crippen molar-refractivity contribution in [1.82, 2.24) is 0 Å². The molecule has 0 N–H and O–H groups in total. The van der Waals surface area contributed by atoms with Gasteiger partial charge in [-0.2, -0.15) is 0 Å². The zero-order valence-corrected chi connectivity index (χ0v) is 53.2. The third-order valence-electron chi connectivity index (χ3n) is 14.5. The quantitative estimate of drug-likeness (QED) is 0.0195. The first-order valence-electron chi connectivity index (χ1n) is 33.1. The Labute approximate surface area is 489 Å². The molecule has 9 nitrogen and oxygen atoms in total. The van der Waals surface area contributed by atoms with Crippen LogP contribution in [-0.2, 0) is 32.7 Å². The molecule has 0 bridgehead atoms. The van der Waals surface area contributed by atoms with Gasteiger partial charge in [0.15, 0.2) is 6.10 Å². The van der Waals surface area contributed by atoms with Crippen molar-refractivity contribution in [2.45, 2.75) is 309 Å². The molecule has 0 rings (SSSR count). The van der Waals surface area contributed by atoms with E-state index in [1.54, 1.807) is 0 Å². The summed E-state index contributed by atoms with van der Waals surface area (Å²) in [4.78, 5) is 37.9. The number of allylic oxidation sites excluding steroid dienone is 12. The molecule has 0 amide bonds. The smallest absolute Gasteiger partial charge is 0.306 e. The average molecular weight is 1130 g/mol. The highest BCUT2D eigenvalue weighted by Crippen LogP contribution is 2.38. The van der Waals surface area contributed by atoms with Crippen LogP contribution < -0.4 is 4.89 Å². The summed E-state index contributed by atoms with van der Waals surface area (Å²) in [6.07, 6.45) is 80.2. The highest BCUT2D eigenvalue weighted by atomic mass is 31.2. The van der Waals surface area contributed by atoms with Gasteiger partial charge in [-0.3, -0.25) is 14.2 Å². The molecule has 79 heavy (non-hydrogen) atoms. The van der Waals surface area contributed by atoms with Gasteiger partial charge >= 0.3 is 11.9 Å². The molecule has 0 heterocycles. The molecule has 0 aliphatic rings. The highest BCUT2D eigenvalue weighted by molar-refractivity contribution is 7.45. The molecular weight excluding hydrogens is 1000 g/mol. The van der Waals surface area contributed by atoms with Crippen LogP contribution in [0.15, 0.2) is 72.9 Å². The molecule has 0 aliphatic carbocycles. The summed E-state index contributed by atoms with van der Waals surface area (Å²) in [5, 5.41) is 0. The number of carbonyl (C=O) groups is 2. The van der Waals surface area contributed by atoms with E-state index in [1.807, 2.05) is 33.3 Å². The number of esters is 2. The summed E-state index contributed by atoms with van der Waals surface area (Å²) >= 11 is 0. The second kappa shape index (κ2) is 60.1. The zero-order chi connectivity index (χ0) is 57.7. The zero-order valence-electron chi connectivity index (χ0n) is 52.3. The first kappa shape index (κ1) is 76.5. The Morgan fingerprint density at radius 2 is 0.722 bits per heavy atom. The van der Waals surface area contributed by atoms with Gasteiger partial charge in [0, 0.05) is 12.8 Å². The molecule has 0 aliphatic heterocycles. The predicted molar refractivity (Wildman–Crippen MR) is 337 cm³/mol. The van der Waals surface area contributed by atoms with Gasteiger partial charge < -0.3 is 27.9 Å². The van der Waals surface area contributed by atoms with Crippen molar-refractivity contribution < 1.29 is 42.1 Å². The monoisotopic (exact) mass is 1130 g/mol. The maximum atomic E-state index is 12.8. The number of phosphoric acid groups is 1. The van der Waals surface area contributed by atoms with Gasteiger partial charge in [0.1, 0.15) is 19.8 Å². The lowest BCUT2D eigenvalue weighted by Gasteiger charge is -2.28. The number of phosphoric ester groups is 1. The molecule has 0 radical (unpaired) electrons. The lowest BCUT2D eigenvalue weighted by Crippen LogP contribution is -2.37. The summed E-state index contributed by atoms with van der Waals surface area (Å²) in [7, 11) is 1.12. The average Bonchev–Trinajstić information content (AvgIpc) is 3.41. The number of ether oxygens (including phenoxy) is 2. The van der Waals surface area contributed by atoms with Crippen LogP contribution in [0.5, 0.6) is 0 Å². The van der Waals surface area contributed by atoms with Crippen LogP contribution in [0.4, 0.5) is 0 Å². The normalized spacial score (nSPS) is 13.6. The summed E-state index contributed by atoms with van der Waals surface area (Å²) in [6.45, 7) is 4.07. The molecule has 0 aromatic carbocycles. The molecule has 2 unspecified atom stereocenters. The fourth-order valence-corrected chi connectivity index (χ4v) is 10.2. The molecule has 0 aromatic heterocycles. The van der Waals surface area contributed by atoms with Crippen molar-refractivity contribution in [3.05, 3.63) is 72.9 Å². The third kappa shape index (κ3) is 64.5. The maximum Gasteiger partial charge on any atom is 0.306 e. The SMILES string of the molecule is CC/C=C\C/C=C\C/C=C\C/C=C\C/C=C\C/C=C\CCC(=O)OC(COC(=O)CCCCCCCCCCCCCCCCCCCCCCCCCCCCCCCCCCCCCC)COP(=O)([O-])OCC[N+](C)(C)C. The molecule has 0 spiro atoms. The van der Waals surface area contributed by atoms with Gasteiger partial charge in [-0.05, 0) is 51.4 Å². The van der Waals surface area contributed by atoms with Gasteiger partial charge in [0.2, 0.25) is 0 Å². The van der Waals surface area contributed by atoms with E-state index in [-0.39, 0.29) is 26.1 Å². The Morgan fingerprint density at radius 1 is 0.405 bits per heavy atom. The first-order valence-corrected chi connectivity index (χ1v) is 34.6.